The number of ether oxygens (including phenoxy) is 1. The topological polar surface area (TPSA) is 60.3 Å². The minimum Gasteiger partial charge on any atom is -0.488 e. The highest BCUT2D eigenvalue weighted by Gasteiger charge is 2.09. The van der Waals surface area contributed by atoms with Crippen molar-refractivity contribution in [2.75, 3.05) is 11.9 Å². The summed E-state index contributed by atoms with van der Waals surface area (Å²) in [6.45, 7) is 6.30. The molecular formula is C18H22N2O3. The lowest BCUT2D eigenvalue weighted by atomic mass is 10.1. The first-order valence-electron chi connectivity index (χ1n) is 7.70. The van der Waals surface area contributed by atoms with Crippen molar-refractivity contribution in [3.8, 4) is 5.75 Å². The van der Waals surface area contributed by atoms with Gasteiger partial charge >= 0.3 is 0 Å². The van der Waals surface area contributed by atoms with Crippen molar-refractivity contribution in [2.24, 2.45) is 0 Å². The maximum atomic E-state index is 12.2. The van der Waals surface area contributed by atoms with Gasteiger partial charge in [0, 0.05) is 11.9 Å². The van der Waals surface area contributed by atoms with Crippen LogP contribution in [0.15, 0.2) is 41.3 Å². The second kappa shape index (κ2) is 7.63. The quantitative estimate of drug-likeness (QED) is 0.892. The van der Waals surface area contributed by atoms with E-state index in [9.17, 15) is 9.59 Å². The molecule has 5 heteroatoms. The summed E-state index contributed by atoms with van der Waals surface area (Å²) in [5, 5.41) is 2.85. The second-order valence-electron chi connectivity index (χ2n) is 5.52. The number of carbonyl (C=O) groups excluding carboxylic acids is 1. The molecule has 1 amide bonds. The molecule has 2 rings (SSSR count). The number of hydrogen-bond donors (Lipinski definition) is 1. The average Bonchev–Trinajstić information content (AvgIpc) is 2.52. The molecule has 23 heavy (non-hydrogen) atoms. The molecule has 0 aliphatic heterocycles. The summed E-state index contributed by atoms with van der Waals surface area (Å²) in [4.78, 5) is 24.5. The van der Waals surface area contributed by atoms with Crippen molar-refractivity contribution in [1.29, 1.82) is 0 Å². The molecule has 122 valence electrons. The van der Waals surface area contributed by atoms with E-state index in [0.717, 1.165) is 23.2 Å². The molecule has 1 aromatic heterocycles. The highest BCUT2D eigenvalue weighted by atomic mass is 16.5. The Morgan fingerprint density at radius 2 is 2.04 bits per heavy atom. The van der Waals surface area contributed by atoms with Gasteiger partial charge in [0.05, 0.1) is 6.61 Å². The molecule has 0 radical (unpaired) electrons. The number of amides is 1. The van der Waals surface area contributed by atoms with Crippen LogP contribution in [0.2, 0.25) is 0 Å². The number of rotatable bonds is 6. The van der Waals surface area contributed by atoms with Gasteiger partial charge in [-0.1, -0.05) is 19.1 Å². The molecule has 0 atom stereocenters. The van der Waals surface area contributed by atoms with Crippen LogP contribution >= 0.6 is 0 Å². The fourth-order valence-corrected chi connectivity index (χ4v) is 2.18. The first-order chi connectivity index (χ1) is 11.0. The predicted molar refractivity (Wildman–Crippen MR) is 91.0 cm³/mol. The Morgan fingerprint density at radius 1 is 1.26 bits per heavy atom. The number of hydrogen-bond acceptors (Lipinski definition) is 3. The fraction of sp³-hybridized carbons (Fsp3) is 0.333. The van der Waals surface area contributed by atoms with Gasteiger partial charge in [-0.05, 0) is 49.6 Å². The Balaban J connectivity index is 2.11. The lowest BCUT2D eigenvalue weighted by Crippen LogP contribution is -2.28. The molecule has 0 aliphatic carbocycles. The number of nitrogens with zero attached hydrogens (tertiary/aromatic N) is 1. The monoisotopic (exact) mass is 314 g/mol. The number of pyridine rings is 1. The van der Waals surface area contributed by atoms with Gasteiger partial charge < -0.3 is 14.6 Å². The van der Waals surface area contributed by atoms with Crippen molar-refractivity contribution in [1.82, 2.24) is 4.57 Å². The predicted octanol–water partition coefficient (Wildman–Crippen LogP) is 2.89. The summed E-state index contributed by atoms with van der Waals surface area (Å²) in [7, 11) is 0. The molecule has 0 bridgehead atoms. The zero-order valence-corrected chi connectivity index (χ0v) is 13.8. The minimum absolute atomic E-state index is 0.0461. The van der Waals surface area contributed by atoms with Crippen molar-refractivity contribution in [3.05, 3.63) is 58.0 Å². The molecule has 2 aromatic rings. The van der Waals surface area contributed by atoms with Gasteiger partial charge in [-0.25, -0.2) is 0 Å². The summed E-state index contributed by atoms with van der Waals surface area (Å²) in [6, 6.07) is 9.19. The Hall–Kier alpha value is -2.56. The largest absolute Gasteiger partial charge is 0.488 e. The van der Waals surface area contributed by atoms with Gasteiger partial charge in [-0.3, -0.25) is 9.59 Å². The van der Waals surface area contributed by atoms with E-state index < -0.39 is 0 Å². The minimum atomic E-state index is -0.294. The summed E-state index contributed by atoms with van der Waals surface area (Å²) >= 11 is 0. The highest BCUT2D eigenvalue weighted by Crippen LogP contribution is 2.16. The summed E-state index contributed by atoms with van der Waals surface area (Å²) < 4.78 is 6.75. The number of carbonyl (C=O) groups is 1. The van der Waals surface area contributed by atoms with Gasteiger partial charge in [0.1, 0.15) is 6.54 Å². The molecule has 1 heterocycles. The summed E-state index contributed by atoms with van der Waals surface area (Å²) in [5.74, 6) is 0.0299. The third kappa shape index (κ3) is 4.45. The fourth-order valence-electron chi connectivity index (χ4n) is 2.18. The van der Waals surface area contributed by atoms with E-state index >= 15 is 0 Å². The van der Waals surface area contributed by atoms with Gasteiger partial charge in [0.15, 0.2) is 5.75 Å². The first-order valence-corrected chi connectivity index (χ1v) is 7.70. The van der Waals surface area contributed by atoms with Crippen LogP contribution in [0, 0.1) is 13.8 Å². The van der Waals surface area contributed by atoms with Gasteiger partial charge in [0.25, 0.3) is 5.56 Å². The molecular weight excluding hydrogens is 292 g/mol. The SMILES string of the molecule is CCCOc1cccn(CC(=O)Nc2cc(C)ccc2C)c1=O. The van der Waals surface area contributed by atoms with E-state index in [-0.39, 0.29) is 23.8 Å². The maximum absolute atomic E-state index is 12.2. The molecule has 0 fully saturated rings. The standard InChI is InChI=1S/C18H22N2O3/c1-4-10-23-16-6-5-9-20(18(16)22)12-17(21)19-15-11-13(2)7-8-14(15)3/h5-9,11H,4,10,12H2,1-3H3,(H,19,21). The number of aromatic nitrogens is 1. The molecule has 0 spiro atoms. The van der Waals surface area contributed by atoms with Crippen molar-refractivity contribution < 1.29 is 9.53 Å². The maximum Gasteiger partial charge on any atom is 0.293 e. The Kier molecular flexibility index (Phi) is 5.57. The van der Waals surface area contributed by atoms with Crippen molar-refractivity contribution in [3.63, 3.8) is 0 Å². The van der Waals surface area contributed by atoms with E-state index in [0.29, 0.717) is 6.61 Å². The van der Waals surface area contributed by atoms with Crippen LogP contribution in [-0.4, -0.2) is 17.1 Å². The molecule has 0 saturated carbocycles. The van der Waals surface area contributed by atoms with Crippen molar-refractivity contribution >= 4 is 11.6 Å². The number of anilines is 1. The van der Waals surface area contributed by atoms with Crippen LogP contribution in [0.5, 0.6) is 5.75 Å². The first kappa shape index (κ1) is 16.8. The molecule has 0 unspecified atom stereocenters. The Bertz CT molecular complexity index is 750. The van der Waals surface area contributed by atoms with Crippen LogP contribution in [0.25, 0.3) is 0 Å². The molecule has 1 aromatic carbocycles. The zero-order chi connectivity index (χ0) is 16.8. The third-order valence-corrected chi connectivity index (χ3v) is 3.43. The highest BCUT2D eigenvalue weighted by molar-refractivity contribution is 5.91. The van der Waals surface area contributed by atoms with Gasteiger partial charge in [0.2, 0.25) is 5.91 Å². The number of nitrogens with one attached hydrogen (secondary N) is 1. The number of aryl methyl sites for hydroxylation is 2. The van der Waals surface area contributed by atoms with Gasteiger partial charge in [-0.2, -0.15) is 0 Å². The van der Waals surface area contributed by atoms with E-state index in [1.165, 1.54) is 4.57 Å². The smallest absolute Gasteiger partial charge is 0.293 e. The molecule has 0 aliphatic rings. The second-order valence-corrected chi connectivity index (χ2v) is 5.52. The lowest BCUT2D eigenvalue weighted by Gasteiger charge is -2.11. The molecule has 1 N–H and O–H groups in total. The van der Waals surface area contributed by atoms with Crippen LogP contribution in [0.3, 0.4) is 0 Å². The van der Waals surface area contributed by atoms with E-state index in [2.05, 4.69) is 5.32 Å². The van der Waals surface area contributed by atoms with Gasteiger partial charge in [-0.15, -0.1) is 0 Å². The van der Waals surface area contributed by atoms with E-state index in [4.69, 9.17) is 4.74 Å². The average molecular weight is 314 g/mol. The molecule has 5 nitrogen and oxygen atoms in total. The van der Waals surface area contributed by atoms with Crippen molar-refractivity contribution in [2.45, 2.75) is 33.7 Å². The van der Waals surface area contributed by atoms with Crippen LogP contribution in [0.1, 0.15) is 24.5 Å². The normalized spacial score (nSPS) is 10.4. The summed E-state index contributed by atoms with van der Waals surface area (Å²) in [6.07, 6.45) is 2.41. The van der Waals surface area contributed by atoms with Crippen LogP contribution in [-0.2, 0) is 11.3 Å². The van der Waals surface area contributed by atoms with Crippen LogP contribution < -0.4 is 15.6 Å². The van der Waals surface area contributed by atoms with E-state index in [1.54, 1.807) is 18.3 Å². The van der Waals surface area contributed by atoms with E-state index in [1.807, 2.05) is 39.0 Å². The lowest BCUT2D eigenvalue weighted by molar-refractivity contribution is -0.116. The number of benzene rings is 1. The molecule has 0 saturated heterocycles. The zero-order valence-electron chi connectivity index (χ0n) is 13.8. The summed E-state index contributed by atoms with van der Waals surface area (Å²) in [5.41, 5.74) is 2.52. The third-order valence-electron chi connectivity index (χ3n) is 3.43. The Morgan fingerprint density at radius 3 is 2.78 bits per heavy atom. The van der Waals surface area contributed by atoms with Crippen LogP contribution in [0.4, 0.5) is 5.69 Å². The Labute approximate surface area is 135 Å².